The fourth-order valence-electron chi connectivity index (χ4n) is 3.36. The molecule has 4 rings (SSSR count). The van der Waals surface area contributed by atoms with Gasteiger partial charge in [-0.2, -0.15) is 0 Å². The number of fused-ring (bicyclic) bond motifs is 1. The smallest absolute Gasteiger partial charge is 0.338 e. The number of carbonyl (C=O) groups is 2. The number of hydrogen-bond acceptors (Lipinski definition) is 4. The SMILES string of the molecule is N[C@@H](Cc1c[nH]c2ccccc12)C(=O)Nc1ccc(C(=O)OCc2ccccc2)cc1. The molecule has 0 bridgehead atoms. The molecule has 156 valence electrons. The molecule has 6 heteroatoms. The number of para-hydroxylation sites is 1. The first-order chi connectivity index (χ1) is 15.1. The number of rotatable bonds is 7. The highest BCUT2D eigenvalue weighted by Gasteiger charge is 2.17. The molecule has 1 atom stereocenters. The van der Waals surface area contributed by atoms with E-state index >= 15 is 0 Å². The Morgan fingerprint density at radius 2 is 1.65 bits per heavy atom. The van der Waals surface area contributed by atoms with Crippen LogP contribution in [0.15, 0.2) is 85.1 Å². The molecular formula is C25H23N3O3. The lowest BCUT2D eigenvalue weighted by molar-refractivity contribution is -0.117. The maximum absolute atomic E-state index is 12.5. The lowest BCUT2D eigenvalue weighted by Crippen LogP contribution is -2.37. The first-order valence-electron chi connectivity index (χ1n) is 10.0. The molecule has 0 saturated heterocycles. The largest absolute Gasteiger partial charge is 0.457 e. The van der Waals surface area contributed by atoms with E-state index in [9.17, 15) is 9.59 Å². The summed E-state index contributed by atoms with van der Waals surface area (Å²) in [6.07, 6.45) is 2.30. The molecule has 0 aliphatic rings. The van der Waals surface area contributed by atoms with Crippen LogP contribution in [-0.2, 0) is 22.6 Å². The molecule has 0 unspecified atom stereocenters. The van der Waals surface area contributed by atoms with E-state index < -0.39 is 12.0 Å². The van der Waals surface area contributed by atoms with Crippen LogP contribution >= 0.6 is 0 Å². The van der Waals surface area contributed by atoms with Crippen molar-refractivity contribution in [2.24, 2.45) is 5.73 Å². The van der Waals surface area contributed by atoms with Gasteiger partial charge in [-0.1, -0.05) is 48.5 Å². The molecule has 31 heavy (non-hydrogen) atoms. The highest BCUT2D eigenvalue weighted by atomic mass is 16.5. The van der Waals surface area contributed by atoms with Gasteiger partial charge in [0.2, 0.25) is 5.91 Å². The van der Waals surface area contributed by atoms with Crippen LogP contribution in [0, 0.1) is 0 Å². The Labute approximate surface area is 180 Å². The molecule has 0 aliphatic carbocycles. The van der Waals surface area contributed by atoms with Crippen molar-refractivity contribution in [3.8, 4) is 0 Å². The first kappa shape index (κ1) is 20.4. The standard InChI is InChI=1S/C25H23N3O3/c26-22(14-19-15-27-23-9-5-4-8-21(19)23)24(29)28-20-12-10-18(11-13-20)25(30)31-16-17-6-2-1-3-7-17/h1-13,15,22,27H,14,16,26H2,(H,28,29)/t22-/m0/s1. The van der Waals surface area contributed by atoms with Crippen molar-refractivity contribution < 1.29 is 14.3 Å². The summed E-state index contributed by atoms with van der Waals surface area (Å²) in [4.78, 5) is 27.9. The van der Waals surface area contributed by atoms with Crippen LogP contribution in [0.1, 0.15) is 21.5 Å². The third kappa shape index (κ3) is 4.99. The number of amides is 1. The van der Waals surface area contributed by atoms with E-state index in [1.807, 2.05) is 60.8 Å². The summed E-state index contributed by atoms with van der Waals surface area (Å²) in [6.45, 7) is 0.209. The number of aromatic amines is 1. The van der Waals surface area contributed by atoms with E-state index in [-0.39, 0.29) is 12.5 Å². The van der Waals surface area contributed by atoms with Crippen LogP contribution in [0.2, 0.25) is 0 Å². The average Bonchev–Trinajstić information content (AvgIpc) is 3.21. The molecule has 4 N–H and O–H groups in total. The Morgan fingerprint density at radius 3 is 2.42 bits per heavy atom. The Kier molecular flexibility index (Phi) is 6.10. The van der Waals surface area contributed by atoms with E-state index in [1.165, 1.54) is 0 Å². The Bertz CT molecular complexity index is 1180. The van der Waals surface area contributed by atoms with E-state index in [2.05, 4.69) is 10.3 Å². The zero-order valence-electron chi connectivity index (χ0n) is 16.9. The summed E-state index contributed by atoms with van der Waals surface area (Å²) in [7, 11) is 0. The maximum Gasteiger partial charge on any atom is 0.338 e. The van der Waals surface area contributed by atoms with Crippen molar-refractivity contribution in [2.75, 3.05) is 5.32 Å². The van der Waals surface area contributed by atoms with Crippen molar-refractivity contribution in [3.05, 3.63) is 102 Å². The second-order valence-electron chi connectivity index (χ2n) is 7.30. The molecule has 3 aromatic carbocycles. The Balaban J connectivity index is 1.32. The van der Waals surface area contributed by atoms with Gasteiger partial charge in [0, 0.05) is 22.8 Å². The van der Waals surface area contributed by atoms with Crippen molar-refractivity contribution in [3.63, 3.8) is 0 Å². The predicted molar refractivity (Wildman–Crippen MR) is 121 cm³/mol. The molecule has 0 radical (unpaired) electrons. The summed E-state index contributed by atoms with van der Waals surface area (Å²) in [6, 6.07) is 23.2. The second kappa shape index (κ2) is 9.28. The number of aromatic nitrogens is 1. The van der Waals surface area contributed by atoms with Crippen LogP contribution in [0.4, 0.5) is 5.69 Å². The highest BCUT2D eigenvalue weighted by Crippen LogP contribution is 2.19. The van der Waals surface area contributed by atoms with E-state index in [0.29, 0.717) is 17.7 Å². The van der Waals surface area contributed by atoms with Crippen molar-refractivity contribution in [1.29, 1.82) is 0 Å². The number of esters is 1. The fourth-order valence-corrected chi connectivity index (χ4v) is 3.36. The van der Waals surface area contributed by atoms with E-state index in [0.717, 1.165) is 22.0 Å². The van der Waals surface area contributed by atoms with E-state index in [4.69, 9.17) is 10.5 Å². The van der Waals surface area contributed by atoms with Gasteiger partial charge in [0.15, 0.2) is 0 Å². The lowest BCUT2D eigenvalue weighted by atomic mass is 10.0. The molecule has 1 aromatic heterocycles. The zero-order valence-corrected chi connectivity index (χ0v) is 16.9. The summed E-state index contributed by atoms with van der Waals surface area (Å²) in [5, 5.41) is 3.86. The molecule has 0 spiro atoms. The van der Waals surface area contributed by atoms with Gasteiger partial charge in [-0.15, -0.1) is 0 Å². The van der Waals surface area contributed by atoms with Crippen molar-refractivity contribution >= 4 is 28.5 Å². The summed E-state index contributed by atoms with van der Waals surface area (Å²) in [5.74, 6) is -0.706. The molecule has 6 nitrogen and oxygen atoms in total. The fraction of sp³-hybridized carbons (Fsp3) is 0.120. The van der Waals surface area contributed by atoms with Crippen LogP contribution in [0.3, 0.4) is 0 Å². The summed E-state index contributed by atoms with van der Waals surface area (Å²) >= 11 is 0. The third-order valence-electron chi connectivity index (χ3n) is 5.05. The normalized spacial score (nSPS) is 11.8. The molecule has 0 saturated carbocycles. The number of H-pyrrole nitrogens is 1. The van der Waals surface area contributed by atoms with Crippen LogP contribution < -0.4 is 11.1 Å². The molecule has 4 aromatic rings. The van der Waals surface area contributed by atoms with Crippen molar-refractivity contribution in [1.82, 2.24) is 4.98 Å². The van der Waals surface area contributed by atoms with Crippen molar-refractivity contribution in [2.45, 2.75) is 19.1 Å². The van der Waals surface area contributed by atoms with Crippen LogP contribution in [0.5, 0.6) is 0 Å². The summed E-state index contributed by atoms with van der Waals surface area (Å²) < 4.78 is 5.32. The number of nitrogens with two attached hydrogens (primary N) is 1. The van der Waals surface area contributed by atoms with Crippen LogP contribution in [0.25, 0.3) is 10.9 Å². The monoisotopic (exact) mass is 413 g/mol. The minimum Gasteiger partial charge on any atom is -0.457 e. The van der Waals surface area contributed by atoms with Gasteiger partial charge >= 0.3 is 5.97 Å². The van der Waals surface area contributed by atoms with Gasteiger partial charge in [-0.05, 0) is 47.9 Å². The number of nitrogens with one attached hydrogen (secondary N) is 2. The highest BCUT2D eigenvalue weighted by molar-refractivity contribution is 5.96. The van der Waals surface area contributed by atoms with E-state index in [1.54, 1.807) is 24.3 Å². The van der Waals surface area contributed by atoms with Crippen LogP contribution in [-0.4, -0.2) is 22.9 Å². The van der Waals surface area contributed by atoms with Gasteiger partial charge in [-0.3, -0.25) is 4.79 Å². The zero-order chi connectivity index (χ0) is 21.6. The first-order valence-corrected chi connectivity index (χ1v) is 10.0. The Hall–Kier alpha value is -3.90. The maximum atomic E-state index is 12.5. The minimum atomic E-state index is -0.699. The number of ether oxygens (including phenoxy) is 1. The number of benzene rings is 3. The third-order valence-corrected chi connectivity index (χ3v) is 5.05. The lowest BCUT2D eigenvalue weighted by Gasteiger charge is -2.12. The molecular weight excluding hydrogens is 390 g/mol. The number of anilines is 1. The molecule has 0 aliphatic heterocycles. The van der Waals surface area contributed by atoms with Gasteiger partial charge in [0.1, 0.15) is 6.61 Å². The second-order valence-corrected chi connectivity index (χ2v) is 7.30. The average molecular weight is 413 g/mol. The molecule has 1 amide bonds. The number of hydrogen-bond donors (Lipinski definition) is 3. The summed E-state index contributed by atoms with van der Waals surface area (Å²) in [5.41, 5.74) is 10.0. The van der Waals surface area contributed by atoms with Gasteiger partial charge in [-0.25, -0.2) is 4.79 Å². The Morgan fingerprint density at radius 1 is 0.935 bits per heavy atom. The van der Waals surface area contributed by atoms with Gasteiger partial charge < -0.3 is 20.8 Å². The van der Waals surface area contributed by atoms with Gasteiger partial charge in [0.05, 0.1) is 11.6 Å². The topological polar surface area (TPSA) is 97.2 Å². The molecule has 1 heterocycles. The number of carbonyl (C=O) groups excluding carboxylic acids is 2. The van der Waals surface area contributed by atoms with Gasteiger partial charge in [0.25, 0.3) is 0 Å². The molecule has 0 fully saturated rings. The predicted octanol–water partition coefficient (Wildman–Crippen LogP) is 4.03. The minimum absolute atomic E-state index is 0.209. The quantitative estimate of drug-likeness (QED) is 0.399.